The first-order valence-corrected chi connectivity index (χ1v) is 5.25. The number of carbonyl (C=O) groups is 1. The Kier molecular flexibility index (Phi) is 3.10. The van der Waals surface area contributed by atoms with Gasteiger partial charge in [0.15, 0.2) is 0 Å². The fourth-order valence-electron chi connectivity index (χ4n) is 1.70. The largest absolute Gasteiger partial charge is 0.496 e. The van der Waals surface area contributed by atoms with E-state index in [1.807, 2.05) is 42.5 Å². The molecule has 86 valence electrons. The van der Waals surface area contributed by atoms with Crippen LogP contribution in [0.25, 0.3) is 11.1 Å². The first-order chi connectivity index (χ1) is 8.22. The summed E-state index contributed by atoms with van der Waals surface area (Å²) in [6.07, 6.45) is 0. The molecule has 0 saturated carbocycles. The fourth-order valence-corrected chi connectivity index (χ4v) is 1.70. The van der Waals surface area contributed by atoms with Crippen molar-refractivity contribution >= 4 is 5.91 Å². The Bertz CT molecular complexity index is 535. The second kappa shape index (κ2) is 4.70. The van der Waals surface area contributed by atoms with Crippen molar-refractivity contribution < 1.29 is 9.53 Å². The minimum Gasteiger partial charge on any atom is -0.496 e. The smallest absolute Gasteiger partial charge is 0.252 e. The van der Waals surface area contributed by atoms with Crippen molar-refractivity contribution in [2.45, 2.75) is 0 Å². The molecule has 2 rings (SSSR count). The maximum atomic E-state index is 11.2. The van der Waals surface area contributed by atoms with E-state index in [0.717, 1.165) is 11.1 Å². The molecule has 0 spiro atoms. The lowest BCUT2D eigenvalue weighted by atomic mass is 10.0. The number of amides is 1. The summed E-state index contributed by atoms with van der Waals surface area (Å²) in [6.45, 7) is 0. The summed E-state index contributed by atoms with van der Waals surface area (Å²) in [5, 5.41) is 0. The van der Waals surface area contributed by atoms with Gasteiger partial charge in [0.25, 0.3) is 5.91 Å². The van der Waals surface area contributed by atoms with E-state index < -0.39 is 5.91 Å². The maximum Gasteiger partial charge on any atom is 0.252 e. The molecule has 0 aromatic heterocycles. The van der Waals surface area contributed by atoms with E-state index in [0.29, 0.717) is 11.3 Å². The highest BCUT2D eigenvalue weighted by molar-refractivity contribution is 5.96. The predicted molar refractivity (Wildman–Crippen MR) is 66.9 cm³/mol. The SMILES string of the molecule is COc1cc(-c2ccccc2)ccc1C(N)=O. The maximum absolute atomic E-state index is 11.2. The Labute approximate surface area is 99.8 Å². The Hall–Kier alpha value is -2.29. The number of methoxy groups -OCH3 is 1. The van der Waals surface area contributed by atoms with Gasteiger partial charge in [0.2, 0.25) is 0 Å². The Morgan fingerprint density at radius 3 is 2.35 bits per heavy atom. The number of hydrogen-bond donors (Lipinski definition) is 1. The average molecular weight is 227 g/mol. The van der Waals surface area contributed by atoms with Crippen molar-refractivity contribution in [3.05, 3.63) is 54.1 Å². The molecule has 0 radical (unpaired) electrons. The third kappa shape index (κ3) is 2.28. The van der Waals surface area contributed by atoms with Gasteiger partial charge in [-0.05, 0) is 23.3 Å². The molecule has 0 unspecified atom stereocenters. The number of ether oxygens (including phenoxy) is 1. The van der Waals surface area contributed by atoms with Crippen LogP contribution in [0.5, 0.6) is 5.75 Å². The summed E-state index contributed by atoms with van der Waals surface area (Å²) in [7, 11) is 1.52. The zero-order valence-corrected chi connectivity index (χ0v) is 9.51. The molecule has 1 amide bonds. The highest BCUT2D eigenvalue weighted by Gasteiger charge is 2.09. The van der Waals surface area contributed by atoms with Crippen LogP contribution in [0.4, 0.5) is 0 Å². The van der Waals surface area contributed by atoms with Gasteiger partial charge in [-0.15, -0.1) is 0 Å². The lowest BCUT2D eigenvalue weighted by Gasteiger charge is -2.08. The summed E-state index contributed by atoms with van der Waals surface area (Å²) in [5.74, 6) is 0.0142. The summed E-state index contributed by atoms with van der Waals surface area (Å²) in [6, 6.07) is 15.2. The van der Waals surface area contributed by atoms with Gasteiger partial charge in [0.05, 0.1) is 12.7 Å². The summed E-state index contributed by atoms with van der Waals surface area (Å²) in [5.41, 5.74) is 7.72. The van der Waals surface area contributed by atoms with E-state index in [1.54, 1.807) is 6.07 Å². The molecule has 17 heavy (non-hydrogen) atoms. The topological polar surface area (TPSA) is 52.3 Å². The number of primary amides is 1. The molecule has 0 saturated heterocycles. The van der Waals surface area contributed by atoms with Gasteiger partial charge in [-0.1, -0.05) is 36.4 Å². The quantitative estimate of drug-likeness (QED) is 0.875. The lowest BCUT2D eigenvalue weighted by molar-refractivity contribution is 0.0997. The fraction of sp³-hybridized carbons (Fsp3) is 0.0714. The Balaban J connectivity index is 2.49. The molecule has 2 N–H and O–H groups in total. The lowest BCUT2D eigenvalue weighted by Crippen LogP contribution is -2.12. The molecule has 0 atom stereocenters. The number of nitrogens with two attached hydrogens (primary N) is 1. The number of hydrogen-bond acceptors (Lipinski definition) is 2. The summed E-state index contributed by atoms with van der Waals surface area (Å²) in [4.78, 5) is 11.2. The molecule has 3 heteroatoms. The number of benzene rings is 2. The molecule has 0 aliphatic heterocycles. The molecule has 2 aromatic rings. The molecular weight excluding hydrogens is 214 g/mol. The van der Waals surface area contributed by atoms with Crippen molar-refractivity contribution in [2.75, 3.05) is 7.11 Å². The molecule has 3 nitrogen and oxygen atoms in total. The van der Waals surface area contributed by atoms with Crippen LogP contribution in [-0.4, -0.2) is 13.0 Å². The third-order valence-electron chi connectivity index (χ3n) is 2.57. The van der Waals surface area contributed by atoms with Gasteiger partial charge in [-0.25, -0.2) is 0 Å². The van der Waals surface area contributed by atoms with Crippen molar-refractivity contribution in [1.82, 2.24) is 0 Å². The van der Waals surface area contributed by atoms with Crippen LogP contribution in [0.15, 0.2) is 48.5 Å². The van der Waals surface area contributed by atoms with E-state index in [-0.39, 0.29) is 0 Å². The normalized spacial score (nSPS) is 9.94. The van der Waals surface area contributed by atoms with Crippen LogP contribution in [0, 0.1) is 0 Å². The van der Waals surface area contributed by atoms with Crippen molar-refractivity contribution in [1.29, 1.82) is 0 Å². The summed E-state index contributed by atoms with van der Waals surface area (Å²) < 4.78 is 5.17. The standard InChI is InChI=1S/C14H13NO2/c1-17-13-9-11(7-8-12(13)14(15)16)10-5-3-2-4-6-10/h2-9H,1H3,(H2,15,16). The van der Waals surface area contributed by atoms with E-state index in [1.165, 1.54) is 7.11 Å². The first-order valence-electron chi connectivity index (χ1n) is 5.25. The second-order valence-corrected chi connectivity index (χ2v) is 3.65. The monoisotopic (exact) mass is 227 g/mol. The minimum atomic E-state index is -0.485. The molecule has 0 aliphatic rings. The molecule has 0 heterocycles. The van der Waals surface area contributed by atoms with Crippen molar-refractivity contribution in [2.24, 2.45) is 5.73 Å². The summed E-state index contributed by atoms with van der Waals surface area (Å²) >= 11 is 0. The minimum absolute atomic E-state index is 0.396. The van der Waals surface area contributed by atoms with E-state index in [2.05, 4.69) is 0 Å². The highest BCUT2D eigenvalue weighted by atomic mass is 16.5. The Morgan fingerprint density at radius 1 is 1.06 bits per heavy atom. The van der Waals surface area contributed by atoms with Gasteiger partial charge in [-0.2, -0.15) is 0 Å². The molecular formula is C14H13NO2. The molecule has 2 aromatic carbocycles. The Morgan fingerprint density at radius 2 is 1.76 bits per heavy atom. The van der Waals surface area contributed by atoms with Gasteiger partial charge >= 0.3 is 0 Å². The second-order valence-electron chi connectivity index (χ2n) is 3.65. The zero-order valence-electron chi connectivity index (χ0n) is 9.51. The van der Waals surface area contributed by atoms with Gasteiger partial charge in [-0.3, -0.25) is 4.79 Å². The molecule has 0 bridgehead atoms. The van der Waals surface area contributed by atoms with Crippen molar-refractivity contribution in [3.8, 4) is 16.9 Å². The van der Waals surface area contributed by atoms with E-state index >= 15 is 0 Å². The number of rotatable bonds is 3. The van der Waals surface area contributed by atoms with E-state index in [9.17, 15) is 4.79 Å². The molecule has 0 fully saturated rings. The average Bonchev–Trinajstić information content (AvgIpc) is 2.39. The van der Waals surface area contributed by atoms with Crippen LogP contribution in [-0.2, 0) is 0 Å². The van der Waals surface area contributed by atoms with Crippen LogP contribution < -0.4 is 10.5 Å². The van der Waals surface area contributed by atoms with Crippen molar-refractivity contribution in [3.63, 3.8) is 0 Å². The number of carbonyl (C=O) groups excluding carboxylic acids is 1. The van der Waals surface area contributed by atoms with Gasteiger partial charge in [0, 0.05) is 0 Å². The third-order valence-corrected chi connectivity index (χ3v) is 2.57. The van der Waals surface area contributed by atoms with Crippen LogP contribution in [0.2, 0.25) is 0 Å². The first kappa shape index (κ1) is 11.2. The van der Waals surface area contributed by atoms with Crippen LogP contribution in [0.1, 0.15) is 10.4 Å². The van der Waals surface area contributed by atoms with Crippen LogP contribution in [0.3, 0.4) is 0 Å². The van der Waals surface area contributed by atoms with Crippen LogP contribution >= 0.6 is 0 Å². The van der Waals surface area contributed by atoms with E-state index in [4.69, 9.17) is 10.5 Å². The highest BCUT2D eigenvalue weighted by Crippen LogP contribution is 2.26. The van der Waals surface area contributed by atoms with Gasteiger partial charge in [0.1, 0.15) is 5.75 Å². The molecule has 0 aliphatic carbocycles. The zero-order chi connectivity index (χ0) is 12.3. The predicted octanol–water partition coefficient (Wildman–Crippen LogP) is 2.46. The van der Waals surface area contributed by atoms with Gasteiger partial charge < -0.3 is 10.5 Å².